The third-order valence-corrected chi connectivity index (χ3v) is 2.36. The molecule has 0 aliphatic carbocycles. The quantitative estimate of drug-likeness (QED) is 0.793. The Labute approximate surface area is 98.1 Å². The van der Waals surface area contributed by atoms with Crippen molar-refractivity contribution in [3.8, 4) is 22.9 Å². The largest absolute Gasteiger partial charge is 0.497 e. The van der Waals surface area contributed by atoms with Gasteiger partial charge in [0.15, 0.2) is 0 Å². The van der Waals surface area contributed by atoms with Crippen LogP contribution in [0.2, 0.25) is 0 Å². The van der Waals surface area contributed by atoms with Gasteiger partial charge in [-0.25, -0.2) is 9.37 Å². The van der Waals surface area contributed by atoms with Gasteiger partial charge in [-0.15, -0.1) is 0 Å². The number of benzene rings is 1. The Morgan fingerprint density at radius 1 is 1.29 bits per heavy atom. The number of nitrogens with zero attached hydrogens (tertiary/aromatic N) is 2. The second-order valence-electron chi connectivity index (χ2n) is 3.39. The van der Waals surface area contributed by atoms with Crippen LogP contribution < -0.4 is 4.74 Å². The summed E-state index contributed by atoms with van der Waals surface area (Å²) >= 11 is 0. The lowest BCUT2D eigenvalue weighted by Gasteiger charge is -2.05. The van der Waals surface area contributed by atoms with Crippen molar-refractivity contribution in [1.29, 1.82) is 5.26 Å². The molecule has 4 heteroatoms. The van der Waals surface area contributed by atoms with E-state index < -0.39 is 0 Å². The van der Waals surface area contributed by atoms with E-state index in [9.17, 15) is 4.39 Å². The van der Waals surface area contributed by atoms with Gasteiger partial charge in [-0.05, 0) is 29.8 Å². The van der Waals surface area contributed by atoms with Crippen LogP contribution >= 0.6 is 0 Å². The highest BCUT2D eigenvalue weighted by molar-refractivity contribution is 5.65. The molecule has 0 amide bonds. The standard InChI is InChI=1S/C13H9FN2O/c1-17-11-2-3-12(13(14)7-11)9-4-5-16-10(6-9)8-15/h2-7H,1H3. The Balaban J connectivity index is 2.49. The molecule has 0 unspecified atom stereocenters. The molecule has 0 bridgehead atoms. The Morgan fingerprint density at radius 2 is 2.12 bits per heavy atom. The minimum absolute atomic E-state index is 0.262. The van der Waals surface area contributed by atoms with Gasteiger partial charge in [-0.1, -0.05) is 0 Å². The first-order valence-corrected chi connectivity index (χ1v) is 4.94. The number of nitriles is 1. The second-order valence-corrected chi connectivity index (χ2v) is 3.39. The number of hydrogen-bond donors (Lipinski definition) is 0. The summed E-state index contributed by atoms with van der Waals surface area (Å²) in [5.41, 5.74) is 1.30. The van der Waals surface area contributed by atoms with Gasteiger partial charge in [0.05, 0.1) is 7.11 Å². The first-order valence-electron chi connectivity index (χ1n) is 4.94. The van der Waals surface area contributed by atoms with E-state index in [1.54, 1.807) is 24.3 Å². The minimum Gasteiger partial charge on any atom is -0.497 e. The molecule has 1 aromatic carbocycles. The molecule has 0 fully saturated rings. The van der Waals surface area contributed by atoms with Crippen LogP contribution in [0.1, 0.15) is 5.69 Å². The van der Waals surface area contributed by atoms with Gasteiger partial charge in [0, 0.05) is 17.8 Å². The zero-order valence-corrected chi connectivity index (χ0v) is 9.14. The Hall–Kier alpha value is -2.41. The molecule has 3 nitrogen and oxygen atoms in total. The van der Waals surface area contributed by atoms with Crippen LogP contribution in [0.4, 0.5) is 4.39 Å². The van der Waals surface area contributed by atoms with Crippen molar-refractivity contribution < 1.29 is 9.13 Å². The molecule has 2 aromatic rings. The van der Waals surface area contributed by atoms with Crippen LogP contribution in [-0.2, 0) is 0 Å². The topological polar surface area (TPSA) is 45.9 Å². The van der Waals surface area contributed by atoms with Crippen molar-refractivity contribution in [3.05, 3.63) is 48.0 Å². The van der Waals surface area contributed by atoms with Crippen molar-refractivity contribution >= 4 is 0 Å². The molecule has 0 radical (unpaired) electrons. The SMILES string of the molecule is COc1ccc(-c2ccnc(C#N)c2)c(F)c1. The van der Waals surface area contributed by atoms with E-state index in [1.165, 1.54) is 19.4 Å². The van der Waals surface area contributed by atoms with Gasteiger partial charge >= 0.3 is 0 Å². The van der Waals surface area contributed by atoms with E-state index in [0.717, 1.165) is 0 Å². The van der Waals surface area contributed by atoms with E-state index in [4.69, 9.17) is 10.00 Å². The molecular formula is C13H9FN2O. The highest BCUT2D eigenvalue weighted by Gasteiger charge is 2.07. The average Bonchev–Trinajstić information content (AvgIpc) is 2.38. The van der Waals surface area contributed by atoms with Crippen LogP contribution in [0.5, 0.6) is 5.75 Å². The third-order valence-electron chi connectivity index (χ3n) is 2.36. The van der Waals surface area contributed by atoms with E-state index in [1.807, 2.05) is 6.07 Å². The zero-order chi connectivity index (χ0) is 12.3. The van der Waals surface area contributed by atoms with Gasteiger partial charge in [-0.3, -0.25) is 0 Å². The first-order chi connectivity index (χ1) is 8.24. The summed E-state index contributed by atoms with van der Waals surface area (Å²) < 4.78 is 18.7. The molecule has 0 saturated heterocycles. The average molecular weight is 228 g/mol. The number of aromatic nitrogens is 1. The van der Waals surface area contributed by atoms with E-state index in [-0.39, 0.29) is 11.5 Å². The molecule has 0 aliphatic rings. The van der Waals surface area contributed by atoms with Gasteiger partial charge in [0.25, 0.3) is 0 Å². The summed E-state index contributed by atoms with van der Waals surface area (Å²) in [5, 5.41) is 8.73. The monoisotopic (exact) mass is 228 g/mol. The molecule has 84 valence electrons. The number of hydrogen-bond acceptors (Lipinski definition) is 3. The van der Waals surface area contributed by atoms with Gasteiger partial charge in [0.1, 0.15) is 23.3 Å². The Kier molecular flexibility index (Phi) is 3.01. The lowest BCUT2D eigenvalue weighted by atomic mass is 10.1. The number of halogens is 1. The van der Waals surface area contributed by atoms with Crippen LogP contribution in [-0.4, -0.2) is 12.1 Å². The molecular weight excluding hydrogens is 219 g/mol. The van der Waals surface area contributed by atoms with Gasteiger partial charge in [-0.2, -0.15) is 5.26 Å². The lowest BCUT2D eigenvalue weighted by Crippen LogP contribution is -1.89. The maximum atomic E-state index is 13.8. The van der Waals surface area contributed by atoms with Crippen molar-refractivity contribution in [2.45, 2.75) is 0 Å². The van der Waals surface area contributed by atoms with Crippen molar-refractivity contribution in [3.63, 3.8) is 0 Å². The molecule has 1 aromatic heterocycles. The molecule has 2 rings (SSSR count). The zero-order valence-electron chi connectivity index (χ0n) is 9.14. The van der Waals surface area contributed by atoms with Crippen molar-refractivity contribution in [1.82, 2.24) is 4.98 Å². The Bertz CT molecular complexity index is 590. The number of methoxy groups -OCH3 is 1. The van der Waals surface area contributed by atoms with Crippen LogP contribution in [0, 0.1) is 17.1 Å². The maximum absolute atomic E-state index is 13.8. The van der Waals surface area contributed by atoms with Crippen LogP contribution in [0.25, 0.3) is 11.1 Å². The van der Waals surface area contributed by atoms with Gasteiger partial charge in [0.2, 0.25) is 0 Å². The molecule has 17 heavy (non-hydrogen) atoms. The molecule has 1 heterocycles. The minimum atomic E-state index is -0.389. The van der Waals surface area contributed by atoms with Crippen LogP contribution in [0.3, 0.4) is 0 Å². The highest BCUT2D eigenvalue weighted by atomic mass is 19.1. The molecule has 0 N–H and O–H groups in total. The van der Waals surface area contributed by atoms with Crippen LogP contribution in [0.15, 0.2) is 36.5 Å². The number of pyridine rings is 1. The van der Waals surface area contributed by atoms with E-state index in [2.05, 4.69) is 4.98 Å². The fraction of sp³-hybridized carbons (Fsp3) is 0.0769. The lowest BCUT2D eigenvalue weighted by molar-refractivity contribution is 0.411. The smallest absolute Gasteiger partial charge is 0.141 e. The number of ether oxygens (including phenoxy) is 1. The molecule has 0 aliphatic heterocycles. The Morgan fingerprint density at radius 3 is 2.76 bits per heavy atom. The van der Waals surface area contributed by atoms with E-state index in [0.29, 0.717) is 16.9 Å². The molecule has 0 atom stereocenters. The summed E-state index contributed by atoms with van der Waals surface area (Å²) in [6.45, 7) is 0. The predicted octanol–water partition coefficient (Wildman–Crippen LogP) is 2.77. The van der Waals surface area contributed by atoms with Crippen molar-refractivity contribution in [2.24, 2.45) is 0 Å². The summed E-state index contributed by atoms with van der Waals surface area (Å²) in [7, 11) is 1.48. The summed E-state index contributed by atoms with van der Waals surface area (Å²) in [6.07, 6.45) is 1.48. The second kappa shape index (κ2) is 4.62. The normalized spacial score (nSPS) is 9.71. The summed E-state index contributed by atoms with van der Waals surface area (Å²) in [6, 6.07) is 9.72. The third kappa shape index (κ3) is 2.23. The number of rotatable bonds is 2. The molecule has 0 spiro atoms. The fourth-order valence-electron chi connectivity index (χ4n) is 1.52. The predicted molar refractivity (Wildman–Crippen MR) is 60.9 cm³/mol. The van der Waals surface area contributed by atoms with Gasteiger partial charge < -0.3 is 4.74 Å². The fourth-order valence-corrected chi connectivity index (χ4v) is 1.52. The maximum Gasteiger partial charge on any atom is 0.141 e. The summed E-state index contributed by atoms with van der Waals surface area (Å²) in [4.78, 5) is 3.84. The first kappa shape index (κ1) is 11.1. The highest BCUT2D eigenvalue weighted by Crippen LogP contribution is 2.26. The van der Waals surface area contributed by atoms with E-state index >= 15 is 0 Å². The van der Waals surface area contributed by atoms with Crippen molar-refractivity contribution in [2.75, 3.05) is 7.11 Å². The molecule has 0 saturated carbocycles. The summed E-state index contributed by atoms with van der Waals surface area (Å²) in [5.74, 6) is 0.0697.